The van der Waals surface area contributed by atoms with E-state index in [0.717, 1.165) is 31.3 Å². The minimum atomic E-state index is 0.261. The van der Waals surface area contributed by atoms with Crippen LogP contribution in [0.15, 0.2) is 29.3 Å². The molecule has 1 aliphatic heterocycles. The van der Waals surface area contributed by atoms with Crippen molar-refractivity contribution in [2.75, 3.05) is 54.9 Å². The van der Waals surface area contributed by atoms with E-state index in [4.69, 9.17) is 9.73 Å². The van der Waals surface area contributed by atoms with Crippen LogP contribution in [0.1, 0.15) is 30.9 Å². The number of hydrogen-bond donors (Lipinski definition) is 0. The quantitative estimate of drug-likeness (QED) is 0.613. The molecule has 1 atom stereocenters. The first-order valence-corrected chi connectivity index (χ1v) is 8.80. The van der Waals surface area contributed by atoms with Gasteiger partial charge in [0, 0.05) is 33.8 Å². The van der Waals surface area contributed by atoms with E-state index >= 15 is 0 Å². The van der Waals surface area contributed by atoms with Crippen molar-refractivity contribution >= 4 is 5.96 Å². The standard InChI is InChI=1S/C19H32N4O/c1-21(2)19(22(3)4)20-15-17(23-13-9-6-10-14-23)16-11-7-8-12-18(16)24-5/h7-8,11-12,17H,6,9-10,13-15H2,1-5H3. The number of piperidine rings is 1. The highest BCUT2D eigenvalue weighted by Crippen LogP contribution is 2.31. The summed E-state index contributed by atoms with van der Waals surface area (Å²) in [7, 11) is 9.91. The van der Waals surface area contributed by atoms with Crippen molar-refractivity contribution < 1.29 is 4.74 Å². The largest absolute Gasteiger partial charge is 0.496 e. The third-order valence-corrected chi connectivity index (χ3v) is 4.53. The second-order valence-corrected chi connectivity index (χ2v) is 6.78. The maximum absolute atomic E-state index is 5.62. The molecule has 0 aromatic heterocycles. The summed E-state index contributed by atoms with van der Waals surface area (Å²) in [6.07, 6.45) is 3.87. The van der Waals surface area contributed by atoms with E-state index in [2.05, 4.69) is 32.9 Å². The van der Waals surface area contributed by atoms with E-state index in [1.54, 1.807) is 7.11 Å². The van der Waals surface area contributed by atoms with Crippen LogP contribution in [0.25, 0.3) is 0 Å². The van der Waals surface area contributed by atoms with Crippen molar-refractivity contribution in [1.82, 2.24) is 14.7 Å². The fourth-order valence-electron chi connectivity index (χ4n) is 3.43. The fraction of sp³-hybridized carbons (Fsp3) is 0.632. The summed E-state index contributed by atoms with van der Waals surface area (Å²) in [5.41, 5.74) is 1.24. The average Bonchev–Trinajstić information content (AvgIpc) is 2.59. The van der Waals surface area contributed by atoms with Crippen molar-refractivity contribution in [2.45, 2.75) is 25.3 Å². The zero-order chi connectivity index (χ0) is 17.5. The van der Waals surface area contributed by atoms with Crippen molar-refractivity contribution in [3.8, 4) is 5.75 Å². The normalized spacial score (nSPS) is 16.4. The maximum Gasteiger partial charge on any atom is 0.195 e. The molecular formula is C19H32N4O. The van der Waals surface area contributed by atoms with Gasteiger partial charge in [0.25, 0.3) is 0 Å². The molecule has 1 aromatic rings. The van der Waals surface area contributed by atoms with E-state index < -0.39 is 0 Å². The summed E-state index contributed by atoms with van der Waals surface area (Å²) in [6, 6.07) is 8.62. The van der Waals surface area contributed by atoms with Crippen LogP contribution in [-0.2, 0) is 0 Å². The van der Waals surface area contributed by atoms with Crippen molar-refractivity contribution in [3.05, 3.63) is 29.8 Å². The summed E-state index contributed by atoms with van der Waals surface area (Å²) in [5.74, 6) is 1.95. The predicted octanol–water partition coefficient (Wildman–Crippen LogP) is 2.70. The lowest BCUT2D eigenvalue weighted by atomic mass is 10.0. The van der Waals surface area contributed by atoms with Crippen molar-refractivity contribution in [3.63, 3.8) is 0 Å². The highest BCUT2D eigenvalue weighted by Gasteiger charge is 2.25. The average molecular weight is 332 g/mol. The number of guanidine groups is 1. The molecule has 0 bridgehead atoms. The van der Waals surface area contributed by atoms with Gasteiger partial charge in [-0.15, -0.1) is 0 Å². The van der Waals surface area contributed by atoms with E-state index in [0.29, 0.717) is 0 Å². The molecule has 0 spiro atoms. The summed E-state index contributed by atoms with van der Waals surface area (Å²) in [6.45, 7) is 3.01. The Morgan fingerprint density at radius 3 is 2.29 bits per heavy atom. The molecule has 1 aromatic carbocycles. The highest BCUT2D eigenvalue weighted by molar-refractivity contribution is 5.79. The molecule has 0 saturated carbocycles. The number of likely N-dealkylation sites (tertiary alicyclic amines) is 1. The molecule has 1 aliphatic rings. The Kier molecular flexibility index (Phi) is 6.91. The first-order chi connectivity index (χ1) is 11.5. The molecule has 5 nitrogen and oxygen atoms in total. The van der Waals surface area contributed by atoms with Gasteiger partial charge >= 0.3 is 0 Å². The predicted molar refractivity (Wildman–Crippen MR) is 101 cm³/mol. The zero-order valence-corrected chi connectivity index (χ0v) is 15.8. The van der Waals surface area contributed by atoms with Crippen LogP contribution < -0.4 is 4.74 Å². The van der Waals surface area contributed by atoms with Gasteiger partial charge in [-0.2, -0.15) is 0 Å². The SMILES string of the molecule is COc1ccccc1C(CN=C(N(C)C)N(C)C)N1CCCCC1. The van der Waals surface area contributed by atoms with Crippen LogP contribution in [-0.4, -0.2) is 75.6 Å². The van der Waals surface area contributed by atoms with Gasteiger partial charge < -0.3 is 14.5 Å². The van der Waals surface area contributed by atoms with Gasteiger partial charge in [-0.25, -0.2) is 0 Å². The van der Waals surface area contributed by atoms with E-state index in [9.17, 15) is 0 Å². The van der Waals surface area contributed by atoms with E-state index in [-0.39, 0.29) is 6.04 Å². The van der Waals surface area contributed by atoms with Gasteiger partial charge in [-0.05, 0) is 32.0 Å². The Hall–Kier alpha value is -1.75. The number of ether oxygens (including phenoxy) is 1. The number of para-hydroxylation sites is 1. The summed E-state index contributed by atoms with van der Waals surface area (Å²) in [4.78, 5) is 11.6. The number of nitrogens with zero attached hydrogens (tertiary/aromatic N) is 4. The lowest BCUT2D eigenvalue weighted by molar-refractivity contribution is 0.164. The number of methoxy groups -OCH3 is 1. The number of hydrogen-bond acceptors (Lipinski definition) is 3. The zero-order valence-electron chi connectivity index (χ0n) is 15.8. The van der Waals surface area contributed by atoms with Gasteiger partial charge in [0.05, 0.1) is 19.7 Å². The Labute approximate surface area is 146 Å². The molecule has 1 fully saturated rings. The molecule has 1 heterocycles. The maximum atomic E-state index is 5.62. The summed E-state index contributed by atoms with van der Waals surface area (Å²) < 4.78 is 5.62. The second kappa shape index (κ2) is 8.92. The molecule has 24 heavy (non-hydrogen) atoms. The van der Waals surface area contributed by atoms with Gasteiger partial charge in [0.1, 0.15) is 5.75 Å². The molecule has 0 amide bonds. The number of aliphatic imine (C=N–C) groups is 1. The molecule has 1 unspecified atom stereocenters. The highest BCUT2D eigenvalue weighted by atomic mass is 16.5. The molecule has 0 radical (unpaired) electrons. The third kappa shape index (κ3) is 4.63. The molecule has 1 saturated heterocycles. The van der Waals surface area contributed by atoms with Gasteiger partial charge in [0.2, 0.25) is 0 Å². The lowest BCUT2D eigenvalue weighted by Gasteiger charge is -2.35. The van der Waals surface area contributed by atoms with Crippen LogP contribution in [0.4, 0.5) is 0 Å². The Morgan fingerprint density at radius 2 is 1.71 bits per heavy atom. The molecule has 0 aliphatic carbocycles. The van der Waals surface area contributed by atoms with E-state index in [1.807, 2.05) is 34.3 Å². The molecule has 0 N–H and O–H groups in total. The fourth-order valence-corrected chi connectivity index (χ4v) is 3.43. The van der Waals surface area contributed by atoms with Crippen LogP contribution in [0.3, 0.4) is 0 Å². The Bertz CT molecular complexity index is 526. The number of benzene rings is 1. The molecule has 2 rings (SSSR count). The minimum Gasteiger partial charge on any atom is -0.496 e. The van der Waals surface area contributed by atoms with Gasteiger partial charge in [-0.3, -0.25) is 9.89 Å². The number of rotatable bonds is 5. The molecule has 134 valence electrons. The van der Waals surface area contributed by atoms with Gasteiger partial charge in [-0.1, -0.05) is 24.6 Å². The first-order valence-electron chi connectivity index (χ1n) is 8.80. The Balaban J connectivity index is 2.30. The minimum absolute atomic E-state index is 0.261. The third-order valence-electron chi connectivity index (χ3n) is 4.53. The van der Waals surface area contributed by atoms with Crippen LogP contribution >= 0.6 is 0 Å². The lowest BCUT2D eigenvalue weighted by Crippen LogP contribution is -2.38. The molecular weight excluding hydrogens is 300 g/mol. The monoisotopic (exact) mass is 332 g/mol. The summed E-state index contributed by atoms with van der Waals surface area (Å²) >= 11 is 0. The van der Waals surface area contributed by atoms with Crippen LogP contribution in [0.2, 0.25) is 0 Å². The first kappa shape index (κ1) is 18.6. The molecule has 5 heteroatoms. The Morgan fingerprint density at radius 1 is 1.08 bits per heavy atom. The van der Waals surface area contributed by atoms with E-state index in [1.165, 1.54) is 24.8 Å². The van der Waals surface area contributed by atoms with Crippen molar-refractivity contribution in [2.24, 2.45) is 4.99 Å². The smallest absolute Gasteiger partial charge is 0.195 e. The topological polar surface area (TPSA) is 31.3 Å². The second-order valence-electron chi connectivity index (χ2n) is 6.78. The van der Waals surface area contributed by atoms with Crippen LogP contribution in [0.5, 0.6) is 5.75 Å². The summed E-state index contributed by atoms with van der Waals surface area (Å²) in [5, 5.41) is 0. The van der Waals surface area contributed by atoms with Crippen molar-refractivity contribution in [1.29, 1.82) is 0 Å². The van der Waals surface area contributed by atoms with Gasteiger partial charge in [0.15, 0.2) is 5.96 Å². The van der Waals surface area contributed by atoms with Crippen LogP contribution in [0, 0.1) is 0 Å².